The topological polar surface area (TPSA) is 124 Å². The number of nitrogens with one attached hydrogen (secondary N) is 1. The van der Waals surface area contributed by atoms with Crippen LogP contribution < -0.4 is 5.32 Å². The van der Waals surface area contributed by atoms with Gasteiger partial charge in [0.1, 0.15) is 5.69 Å². The van der Waals surface area contributed by atoms with E-state index in [9.17, 15) is 19.7 Å². The fourth-order valence-electron chi connectivity index (χ4n) is 2.96. The molecular weight excluding hydrogens is 388 g/mol. The number of nitro benzene ring substituents is 1. The van der Waals surface area contributed by atoms with Gasteiger partial charge in [-0.3, -0.25) is 24.7 Å². The van der Waals surface area contributed by atoms with Gasteiger partial charge in [-0.05, 0) is 26.0 Å². The van der Waals surface area contributed by atoms with Crippen molar-refractivity contribution in [3.05, 3.63) is 76.1 Å². The maximum atomic E-state index is 12.8. The van der Waals surface area contributed by atoms with E-state index in [0.717, 1.165) is 0 Å². The summed E-state index contributed by atoms with van der Waals surface area (Å²) in [5.74, 6) is -1.19. The van der Waals surface area contributed by atoms with Crippen LogP contribution in [0.5, 0.6) is 0 Å². The van der Waals surface area contributed by atoms with Crippen LogP contribution >= 0.6 is 0 Å². The highest BCUT2D eigenvalue weighted by Gasteiger charge is 2.27. The molecule has 0 fully saturated rings. The highest BCUT2D eigenvalue weighted by Crippen LogP contribution is 2.28. The first kappa shape index (κ1) is 20.8. The van der Waals surface area contributed by atoms with Gasteiger partial charge < -0.3 is 10.1 Å². The van der Waals surface area contributed by atoms with Crippen molar-refractivity contribution in [1.82, 2.24) is 15.3 Å². The lowest BCUT2D eigenvalue weighted by molar-refractivity contribution is -0.385. The zero-order valence-corrected chi connectivity index (χ0v) is 16.4. The lowest BCUT2D eigenvalue weighted by Gasteiger charge is -2.19. The zero-order valence-electron chi connectivity index (χ0n) is 16.4. The molecule has 2 aromatic carbocycles. The maximum absolute atomic E-state index is 12.8. The van der Waals surface area contributed by atoms with Crippen molar-refractivity contribution in [3.8, 4) is 0 Å². The Kier molecular flexibility index (Phi) is 6.31. The second-order valence-corrected chi connectivity index (χ2v) is 6.83. The van der Waals surface area contributed by atoms with Crippen LogP contribution in [0.1, 0.15) is 42.4 Å². The minimum atomic E-state index is -0.973. The van der Waals surface area contributed by atoms with Gasteiger partial charge in [0, 0.05) is 6.07 Å². The number of esters is 1. The first-order valence-corrected chi connectivity index (χ1v) is 9.30. The Morgan fingerprint density at radius 2 is 1.77 bits per heavy atom. The summed E-state index contributed by atoms with van der Waals surface area (Å²) in [5.41, 5.74) is 1.20. The van der Waals surface area contributed by atoms with Crippen LogP contribution in [-0.4, -0.2) is 32.9 Å². The Bertz CT molecular complexity index is 1100. The molecule has 30 heavy (non-hydrogen) atoms. The molecule has 9 heteroatoms. The molecule has 0 saturated carbocycles. The summed E-state index contributed by atoms with van der Waals surface area (Å²) < 4.78 is 5.16. The molecule has 1 heterocycles. The van der Waals surface area contributed by atoms with E-state index in [1.54, 1.807) is 38.1 Å². The van der Waals surface area contributed by atoms with E-state index in [1.807, 2.05) is 6.07 Å². The second-order valence-electron chi connectivity index (χ2n) is 6.83. The Morgan fingerprint density at radius 1 is 1.10 bits per heavy atom. The predicted octanol–water partition coefficient (Wildman–Crippen LogP) is 3.35. The number of aromatic nitrogens is 2. The van der Waals surface area contributed by atoms with E-state index in [4.69, 9.17) is 4.74 Å². The third kappa shape index (κ3) is 4.93. The molecule has 0 saturated heterocycles. The average molecular weight is 408 g/mol. The number of nitrogens with zero attached hydrogens (tertiary/aromatic N) is 3. The molecule has 0 aliphatic carbocycles. The molecule has 0 bridgehead atoms. The van der Waals surface area contributed by atoms with Crippen LogP contribution in [0.3, 0.4) is 0 Å². The molecular formula is C21H20N4O5. The number of hydrogen-bond donors (Lipinski definition) is 1. The van der Waals surface area contributed by atoms with Crippen molar-refractivity contribution in [2.24, 2.45) is 0 Å². The standard InChI is InChI=1S/C21H20N4O5/c1-13(2)30-20(26)11-17(14-7-3-6-10-19(14)25(28)29)24-21(27)18-12-22-15-8-4-5-9-16(15)23-18/h3-10,12-13,17H,11H2,1-2H3,(H,24,27)/t17-/m0/s1. The normalized spacial score (nSPS) is 11.8. The van der Waals surface area contributed by atoms with E-state index < -0.39 is 22.8 Å². The largest absolute Gasteiger partial charge is 0.463 e. The Labute approximate surface area is 172 Å². The average Bonchev–Trinajstić information content (AvgIpc) is 2.72. The summed E-state index contributed by atoms with van der Waals surface area (Å²) >= 11 is 0. The van der Waals surface area contributed by atoms with E-state index in [0.29, 0.717) is 11.0 Å². The first-order valence-electron chi connectivity index (χ1n) is 9.30. The van der Waals surface area contributed by atoms with Crippen molar-refractivity contribution in [1.29, 1.82) is 0 Å². The number of fused-ring (bicyclic) bond motifs is 1. The molecule has 1 N–H and O–H groups in total. The summed E-state index contributed by atoms with van der Waals surface area (Å²) in [4.78, 5) is 44.4. The predicted molar refractivity (Wildman–Crippen MR) is 109 cm³/mol. The zero-order chi connectivity index (χ0) is 21.7. The van der Waals surface area contributed by atoms with Gasteiger partial charge in [0.25, 0.3) is 11.6 Å². The fraction of sp³-hybridized carbons (Fsp3) is 0.238. The molecule has 0 unspecified atom stereocenters. The minimum absolute atomic E-state index is 0.0366. The van der Waals surface area contributed by atoms with Crippen molar-refractivity contribution < 1.29 is 19.2 Å². The van der Waals surface area contributed by atoms with Crippen LogP contribution in [0, 0.1) is 10.1 Å². The maximum Gasteiger partial charge on any atom is 0.308 e. The lowest BCUT2D eigenvalue weighted by Crippen LogP contribution is -2.32. The van der Waals surface area contributed by atoms with Gasteiger partial charge in [-0.2, -0.15) is 0 Å². The van der Waals surface area contributed by atoms with E-state index in [2.05, 4.69) is 15.3 Å². The Morgan fingerprint density at radius 3 is 2.47 bits per heavy atom. The summed E-state index contributed by atoms with van der Waals surface area (Å²) in [7, 11) is 0. The molecule has 1 amide bonds. The molecule has 0 radical (unpaired) electrons. The fourth-order valence-corrected chi connectivity index (χ4v) is 2.96. The van der Waals surface area contributed by atoms with Crippen molar-refractivity contribution in [2.75, 3.05) is 0 Å². The quantitative estimate of drug-likeness (QED) is 0.361. The van der Waals surface area contributed by atoms with Crippen molar-refractivity contribution >= 4 is 28.6 Å². The van der Waals surface area contributed by atoms with Crippen molar-refractivity contribution in [3.63, 3.8) is 0 Å². The third-order valence-electron chi connectivity index (χ3n) is 4.23. The van der Waals surface area contributed by atoms with Crippen LogP contribution in [0.4, 0.5) is 5.69 Å². The number of carbonyl (C=O) groups excluding carboxylic acids is 2. The number of ether oxygens (including phenoxy) is 1. The molecule has 9 nitrogen and oxygen atoms in total. The number of nitro groups is 1. The van der Waals surface area contributed by atoms with Crippen molar-refractivity contribution in [2.45, 2.75) is 32.4 Å². The van der Waals surface area contributed by atoms with Crippen LogP contribution in [0.25, 0.3) is 11.0 Å². The van der Waals surface area contributed by atoms with E-state index >= 15 is 0 Å². The van der Waals surface area contributed by atoms with Gasteiger partial charge in [-0.1, -0.05) is 30.3 Å². The van der Waals surface area contributed by atoms with Gasteiger partial charge in [0.05, 0.1) is 46.3 Å². The first-order chi connectivity index (χ1) is 14.3. The molecule has 3 rings (SSSR count). The number of rotatable bonds is 7. The number of benzene rings is 2. The summed E-state index contributed by atoms with van der Waals surface area (Å²) in [6, 6.07) is 12.0. The minimum Gasteiger partial charge on any atom is -0.463 e. The highest BCUT2D eigenvalue weighted by atomic mass is 16.6. The molecule has 3 aromatic rings. The van der Waals surface area contributed by atoms with Gasteiger partial charge >= 0.3 is 5.97 Å². The third-order valence-corrected chi connectivity index (χ3v) is 4.23. The van der Waals surface area contributed by atoms with E-state index in [-0.39, 0.29) is 29.5 Å². The monoisotopic (exact) mass is 408 g/mol. The summed E-state index contributed by atoms with van der Waals surface area (Å²) in [6.45, 7) is 3.39. The molecule has 0 aliphatic heterocycles. The summed E-state index contributed by atoms with van der Waals surface area (Å²) in [5, 5.41) is 14.1. The molecule has 0 aliphatic rings. The molecule has 1 atom stereocenters. The second kappa shape index (κ2) is 9.08. The SMILES string of the molecule is CC(C)OC(=O)C[C@H](NC(=O)c1cnc2ccccc2n1)c1ccccc1[N+](=O)[O-]. The van der Waals surface area contributed by atoms with Gasteiger partial charge in [-0.25, -0.2) is 4.98 Å². The smallest absolute Gasteiger partial charge is 0.308 e. The molecule has 154 valence electrons. The number of amides is 1. The highest BCUT2D eigenvalue weighted by molar-refractivity contribution is 5.94. The van der Waals surface area contributed by atoms with Crippen LogP contribution in [0.2, 0.25) is 0 Å². The van der Waals surface area contributed by atoms with Gasteiger partial charge in [-0.15, -0.1) is 0 Å². The van der Waals surface area contributed by atoms with Crippen LogP contribution in [-0.2, 0) is 9.53 Å². The van der Waals surface area contributed by atoms with Gasteiger partial charge in [0.2, 0.25) is 0 Å². The number of hydrogen-bond acceptors (Lipinski definition) is 7. The lowest BCUT2D eigenvalue weighted by atomic mass is 10.0. The molecule has 0 spiro atoms. The number of para-hydroxylation sites is 3. The van der Waals surface area contributed by atoms with Gasteiger partial charge in [0.15, 0.2) is 0 Å². The van der Waals surface area contributed by atoms with E-state index in [1.165, 1.54) is 24.4 Å². The number of carbonyl (C=O) groups is 2. The van der Waals surface area contributed by atoms with Crippen LogP contribution in [0.15, 0.2) is 54.7 Å². The Balaban J connectivity index is 1.92. The molecule has 1 aromatic heterocycles. The Hall–Kier alpha value is -3.88. The summed E-state index contributed by atoms with van der Waals surface area (Å²) in [6.07, 6.45) is 0.696.